The van der Waals surface area contributed by atoms with Crippen LogP contribution in [0.25, 0.3) is 0 Å². The van der Waals surface area contributed by atoms with Crippen LogP contribution in [0.5, 0.6) is 0 Å². The smallest absolute Gasteiger partial charge is 0.302 e. The topological polar surface area (TPSA) is 44.8 Å². The van der Waals surface area contributed by atoms with Crippen molar-refractivity contribution in [3.8, 4) is 12.3 Å². The van der Waals surface area contributed by atoms with E-state index in [9.17, 15) is 4.79 Å². The molecule has 84 valence electrons. The third kappa shape index (κ3) is 6.72. The summed E-state index contributed by atoms with van der Waals surface area (Å²) in [7, 11) is 0. The zero-order chi connectivity index (χ0) is 11.7. The largest absolute Gasteiger partial charge is 0.463 e. The molecular weight excluding hydrogens is 196 g/mol. The Morgan fingerprint density at radius 1 is 1.67 bits per heavy atom. The summed E-state index contributed by atoms with van der Waals surface area (Å²) in [6.07, 6.45) is 5.48. The summed E-state index contributed by atoms with van der Waals surface area (Å²) in [6, 6.07) is 0. The summed E-state index contributed by atoms with van der Waals surface area (Å²) in [5.41, 5.74) is 0. The Morgan fingerprint density at radius 2 is 2.33 bits per heavy atom. The van der Waals surface area contributed by atoms with Crippen LogP contribution in [0.2, 0.25) is 0 Å². The molecular formula is C11H16O4. The zero-order valence-electron chi connectivity index (χ0n) is 9.06. The monoisotopic (exact) mass is 212 g/mol. The molecule has 0 bridgehead atoms. The van der Waals surface area contributed by atoms with E-state index in [1.165, 1.54) is 13.0 Å². The minimum absolute atomic E-state index is 0.0874. The second-order valence-electron chi connectivity index (χ2n) is 2.67. The van der Waals surface area contributed by atoms with Gasteiger partial charge in [-0.1, -0.05) is 6.08 Å². The molecule has 0 saturated heterocycles. The molecule has 15 heavy (non-hydrogen) atoms. The molecule has 1 unspecified atom stereocenters. The van der Waals surface area contributed by atoms with Crippen molar-refractivity contribution in [2.45, 2.75) is 26.2 Å². The van der Waals surface area contributed by atoms with Crippen LogP contribution < -0.4 is 0 Å². The molecule has 0 heterocycles. The number of carbonyl (C=O) groups is 1. The third-order valence-electron chi connectivity index (χ3n) is 1.47. The van der Waals surface area contributed by atoms with Gasteiger partial charge in [0.15, 0.2) is 0 Å². The van der Waals surface area contributed by atoms with Gasteiger partial charge in [-0.25, -0.2) is 0 Å². The van der Waals surface area contributed by atoms with Gasteiger partial charge in [0.1, 0.15) is 12.7 Å². The molecule has 0 N–H and O–H groups in total. The fourth-order valence-corrected chi connectivity index (χ4v) is 0.799. The Bertz CT molecular complexity index is 241. The quantitative estimate of drug-likeness (QED) is 0.274. The Balaban J connectivity index is 4.01. The SMILES string of the molecule is C#CC(OCC)O[C@@H](C=C)COC(C)=O. The van der Waals surface area contributed by atoms with Crippen LogP contribution in [-0.2, 0) is 19.0 Å². The third-order valence-corrected chi connectivity index (χ3v) is 1.47. The van der Waals surface area contributed by atoms with Crippen molar-refractivity contribution in [2.24, 2.45) is 0 Å². The Hall–Kier alpha value is -1.31. The molecule has 0 rings (SSSR count). The lowest BCUT2D eigenvalue weighted by molar-refractivity contribution is -0.155. The maximum atomic E-state index is 10.6. The van der Waals surface area contributed by atoms with Crippen molar-refractivity contribution >= 4 is 5.97 Å². The molecule has 0 aromatic carbocycles. The van der Waals surface area contributed by atoms with E-state index in [1.54, 1.807) is 0 Å². The van der Waals surface area contributed by atoms with Crippen molar-refractivity contribution in [3.05, 3.63) is 12.7 Å². The number of hydrogen-bond donors (Lipinski definition) is 0. The lowest BCUT2D eigenvalue weighted by Gasteiger charge is -2.18. The minimum atomic E-state index is -0.742. The zero-order valence-corrected chi connectivity index (χ0v) is 9.06. The van der Waals surface area contributed by atoms with Gasteiger partial charge < -0.3 is 14.2 Å². The standard InChI is InChI=1S/C11H16O4/c1-5-10(8-14-9(4)12)15-11(6-2)13-7-3/h2,5,10-11H,1,7-8H2,3-4H3/t10-,11?/m0/s1. The number of ether oxygens (including phenoxy) is 3. The molecule has 0 amide bonds. The Kier molecular flexibility index (Phi) is 7.33. The van der Waals surface area contributed by atoms with Crippen LogP contribution in [0.15, 0.2) is 12.7 Å². The van der Waals surface area contributed by atoms with Crippen molar-refractivity contribution in [2.75, 3.05) is 13.2 Å². The lowest BCUT2D eigenvalue weighted by Crippen LogP contribution is -2.26. The summed E-state index contributed by atoms with van der Waals surface area (Å²) in [5, 5.41) is 0. The predicted octanol–water partition coefficient (Wildman–Crippen LogP) is 1.12. The average molecular weight is 212 g/mol. The van der Waals surface area contributed by atoms with Gasteiger partial charge in [-0.3, -0.25) is 4.79 Å². The summed E-state index contributed by atoms with van der Waals surface area (Å²) in [5.74, 6) is 1.95. The molecule has 0 aromatic heterocycles. The summed E-state index contributed by atoms with van der Waals surface area (Å²) in [6.45, 7) is 7.21. The molecule has 0 aromatic rings. The van der Waals surface area contributed by atoms with E-state index in [0.717, 1.165) is 0 Å². The van der Waals surface area contributed by atoms with E-state index in [-0.39, 0.29) is 12.6 Å². The molecule has 0 radical (unpaired) electrons. The van der Waals surface area contributed by atoms with Crippen molar-refractivity contribution in [1.82, 2.24) is 0 Å². The molecule has 0 fully saturated rings. The van der Waals surface area contributed by atoms with Gasteiger partial charge in [0.25, 0.3) is 0 Å². The van der Waals surface area contributed by atoms with Gasteiger partial charge >= 0.3 is 5.97 Å². The highest BCUT2D eigenvalue weighted by Gasteiger charge is 2.13. The van der Waals surface area contributed by atoms with Gasteiger partial charge in [-0.15, -0.1) is 13.0 Å². The van der Waals surface area contributed by atoms with Crippen LogP contribution in [0.1, 0.15) is 13.8 Å². The molecule has 0 aliphatic carbocycles. The second kappa shape index (κ2) is 8.04. The lowest BCUT2D eigenvalue weighted by atomic mass is 10.4. The number of hydrogen-bond acceptors (Lipinski definition) is 4. The minimum Gasteiger partial charge on any atom is -0.463 e. The highest BCUT2D eigenvalue weighted by molar-refractivity contribution is 5.65. The van der Waals surface area contributed by atoms with Crippen LogP contribution >= 0.6 is 0 Å². The first-order chi connectivity index (χ1) is 7.13. The molecule has 4 heteroatoms. The van der Waals surface area contributed by atoms with Gasteiger partial charge in [-0.2, -0.15) is 0 Å². The number of rotatable bonds is 7. The van der Waals surface area contributed by atoms with E-state index < -0.39 is 12.4 Å². The van der Waals surface area contributed by atoms with Gasteiger partial charge in [0.05, 0.1) is 0 Å². The molecule has 4 nitrogen and oxygen atoms in total. The Labute approximate surface area is 90.2 Å². The van der Waals surface area contributed by atoms with Crippen molar-refractivity contribution in [3.63, 3.8) is 0 Å². The van der Waals surface area contributed by atoms with Crippen LogP contribution in [0.4, 0.5) is 0 Å². The van der Waals surface area contributed by atoms with Crippen LogP contribution in [0.3, 0.4) is 0 Å². The molecule has 0 saturated carbocycles. The van der Waals surface area contributed by atoms with Crippen molar-refractivity contribution < 1.29 is 19.0 Å². The molecule has 0 aliphatic heterocycles. The normalized spacial score (nSPS) is 13.7. The molecule has 0 aliphatic rings. The van der Waals surface area contributed by atoms with Gasteiger partial charge in [0, 0.05) is 13.5 Å². The number of terminal acetylenes is 1. The number of carbonyl (C=O) groups excluding carboxylic acids is 1. The predicted molar refractivity (Wildman–Crippen MR) is 56.0 cm³/mol. The average Bonchev–Trinajstić information content (AvgIpc) is 2.22. The van der Waals surface area contributed by atoms with E-state index >= 15 is 0 Å². The first kappa shape index (κ1) is 13.7. The number of esters is 1. The van der Waals surface area contributed by atoms with E-state index in [4.69, 9.17) is 20.6 Å². The second-order valence-corrected chi connectivity index (χ2v) is 2.67. The Morgan fingerprint density at radius 3 is 2.73 bits per heavy atom. The summed E-state index contributed by atoms with van der Waals surface area (Å²) in [4.78, 5) is 10.6. The van der Waals surface area contributed by atoms with E-state index in [2.05, 4.69) is 12.5 Å². The maximum absolute atomic E-state index is 10.6. The first-order valence-electron chi connectivity index (χ1n) is 4.63. The van der Waals surface area contributed by atoms with Crippen LogP contribution in [-0.4, -0.2) is 31.6 Å². The molecule has 0 spiro atoms. The fourth-order valence-electron chi connectivity index (χ4n) is 0.799. The van der Waals surface area contributed by atoms with E-state index in [0.29, 0.717) is 6.61 Å². The van der Waals surface area contributed by atoms with E-state index in [1.807, 2.05) is 6.92 Å². The highest BCUT2D eigenvalue weighted by atomic mass is 16.7. The van der Waals surface area contributed by atoms with Gasteiger partial charge in [-0.05, 0) is 12.8 Å². The fraction of sp³-hybridized carbons (Fsp3) is 0.545. The maximum Gasteiger partial charge on any atom is 0.302 e. The first-order valence-corrected chi connectivity index (χ1v) is 4.63. The van der Waals surface area contributed by atoms with Crippen LogP contribution in [0, 0.1) is 12.3 Å². The summed E-state index contributed by atoms with van der Waals surface area (Å²) < 4.78 is 15.1. The summed E-state index contributed by atoms with van der Waals surface area (Å²) >= 11 is 0. The van der Waals surface area contributed by atoms with Crippen molar-refractivity contribution in [1.29, 1.82) is 0 Å². The van der Waals surface area contributed by atoms with Gasteiger partial charge in [0.2, 0.25) is 6.29 Å². The highest BCUT2D eigenvalue weighted by Crippen LogP contribution is 2.02. The molecule has 2 atom stereocenters.